The third kappa shape index (κ3) is 4.27. The van der Waals surface area contributed by atoms with Crippen LogP contribution >= 0.6 is 11.6 Å². The van der Waals surface area contributed by atoms with E-state index in [-0.39, 0.29) is 17.6 Å². The molecule has 1 aromatic heterocycles. The van der Waals surface area contributed by atoms with Crippen molar-refractivity contribution >= 4 is 17.4 Å². The van der Waals surface area contributed by atoms with Crippen molar-refractivity contribution in [3.63, 3.8) is 0 Å². The summed E-state index contributed by atoms with van der Waals surface area (Å²) in [6.07, 6.45) is -3.70. The fourth-order valence-corrected chi connectivity index (χ4v) is 0.913. The highest BCUT2D eigenvalue weighted by atomic mass is 35.5. The van der Waals surface area contributed by atoms with Crippen LogP contribution in [-0.4, -0.2) is 22.7 Å². The van der Waals surface area contributed by atoms with Gasteiger partial charge >= 0.3 is 6.18 Å². The highest BCUT2D eigenvalue weighted by molar-refractivity contribution is 6.28. The summed E-state index contributed by atoms with van der Waals surface area (Å²) in [5, 5.41) is 2.49. The molecular formula is C7H7ClF3N3. The van der Waals surface area contributed by atoms with Crippen LogP contribution < -0.4 is 5.32 Å². The molecule has 0 saturated carbocycles. The molecule has 0 atom stereocenters. The van der Waals surface area contributed by atoms with Gasteiger partial charge in [0.1, 0.15) is 5.82 Å². The molecule has 0 saturated heterocycles. The molecule has 0 unspecified atom stereocenters. The van der Waals surface area contributed by atoms with E-state index in [1.807, 2.05) is 0 Å². The maximum Gasteiger partial charge on any atom is 0.390 e. The Morgan fingerprint density at radius 1 is 1.43 bits per heavy atom. The molecule has 1 heterocycles. The van der Waals surface area contributed by atoms with Crippen LogP contribution in [0.1, 0.15) is 6.42 Å². The van der Waals surface area contributed by atoms with Gasteiger partial charge in [-0.2, -0.15) is 13.2 Å². The second-order valence-corrected chi connectivity index (χ2v) is 2.84. The minimum Gasteiger partial charge on any atom is -0.370 e. The summed E-state index contributed by atoms with van der Waals surface area (Å²) in [7, 11) is 0. The fourth-order valence-electron chi connectivity index (χ4n) is 0.766. The number of aromatic nitrogens is 2. The molecule has 0 spiro atoms. The molecule has 14 heavy (non-hydrogen) atoms. The Hall–Kier alpha value is -1.04. The third-order valence-corrected chi connectivity index (χ3v) is 1.52. The number of hydrogen-bond donors (Lipinski definition) is 1. The second-order valence-electron chi connectivity index (χ2n) is 2.50. The predicted octanol–water partition coefficient (Wildman–Crippen LogP) is 2.49. The molecule has 7 heteroatoms. The van der Waals surface area contributed by atoms with Crippen LogP contribution in [0.2, 0.25) is 5.28 Å². The molecule has 0 aromatic carbocycles. The van der Waals surface area contributed by atoms with E-state index in [0.29, 0.717) is 0 Å². The first-order valence-corrected chi connectivity index (χ1v) is 4.14. The van der Waals surface area contributed by atoms with Crippen molar-refractivity contribution in [3.05, 3.63) is 17.5 Å². The molecule has 0 fully saturated rings. The van der Waals surface area contributed by atoms with Gasteiger partial charge in [0, 0.05) is 12.7 Å². The van der Waals surface area contributed by atoms with Crippen molar-refractivity contribution in [2.75, 3.05) is 11.9 Å². The first kappa shape index (κ1) is 11.0. The summed E-state index contributed by atoms with van der Waals surface area (Å²) in [6, 6.07) is 1.45. The predicted molar refractivity (Wildman–Crippen MR) is 46.2 cm³/mol. The SMILES string of the molecule is FC(F)(F)CCNc1ccnc(Cl)n1. The number of halogens is 4. The van der Waals surface area contributed by atoms with Gasteiger partial charge in [0.25, 0.3) is 0 Å². The molecule has 3 nitrogen and oxygen atoms in total. The van der Waals surface area contributed by atoms with Crippen LogP contribution in [0.4, 0.5) is 19.0 Å². The number of anilines is 1. The average molecular weight is 226 g/mol. The van der Waals surface area contributed by atoms with E-state index in [2.05, 4.69) is 15.3 Å². The molecule has 0 bridgehead atoms. The smallest absolute Gasteiger partial charge is 0.370 e. The van der Waals surface area contributed by atoms with Crippen LogP contribution in [-0.2, 0) is 0 Å². The minimum atomic E-state index is -4.16. The molecule has 1 N–H and O–H groups in total. The normalized spacial score (nSPS) is 11.4. The summed E-state index contributed by atoms with van der Waals surface area (Å²) < 4.78 is 35.2. The van der Waals surface area contributed by atoms with Crippen molar-refractivity contribution in [1.82, 2.24) is 9.97 Å². The van der Waals surface area contributed by atoms with Gasteiger partial charge in [-0.1, -0.05) is 0 Å². The molecule has 1 aromatic rings. The van der Waals surface area contributed by atoms with Crippen LogP contribution in [0.3, 0.4) is 0 Å². The molecule has 0 aliphatic rings. The lowest BCUT2D eigenvalue weighted by Crippen LogP contribution is -2.15. The van der Waals surface area contributed by atoms with E-state index in [1.54, 1.807) is 0 Å². The van der Waals surface area contributed by atoms with E-state index in [4.69, 9.17) is 11.6 Å². The Balaban J connectivity index is 2.39. The lowest BCUT2D eigenvalue weighted by atomic mass is 10.4. The van der Waals surface area contributed by atoms with Gasteiger partial charge in [0.05, 0.1) is 6.42 Å². The van der Waals surface area contributed by atoms with Crippen molar-refractivity contribution < 1.29 is 13.2 Å². The van der Waals surface area contributed by atoms with Crippen molar-refractivity contribution in [2.45, 2.75) is 12.6 Å². The van der Waals surface area contributed by atoms with E-state index in [1.165, 1.54) is 12.3 Å². The molecule has 0 aliphatic carbocycles. The van der Waals surface area contributed by atoms with Gasteiger partial charge in [-0.25, -0.2) is 9.97 Å². The zero-order valence-corrected chi connectivity index (χ0v) is 7.73. The highest BCUT2D eigenvalue weighted by Gasteiger charge is 2.26. The largest absolute Gasteiger partial charge is 0.390 e. The van der Waals surface area contributed by atoms with Gasteiger partial charge in [0.15, 0.2) is 0 Å². The van der Waals surface area contributed by atoms with Crippen LogP contribution in [0.15, 0.2) is 12.3 Å². The zero-order valence-electron chi connectivity index (χ0n) is 6.98. The zero-order chi connectivity index (χ0) is 10.6. The van der Waals surface area contributed by atoms with Crippen molar-refractivity contribution in [1.29, 1.82) is 0 Å². The van der Waals surface area contributed by atoms with Gasteiger partial charge in [-0.15, -0.1) is 0 Å². The molecular weight excluding hydrogens is 219 g/mol. The number of alkyl halides is 3. The maximum atomic E-state index is 11.7. The lowest BCUT2D eigenvalue weighted by molar-refractivity contribution is -0.131. The summed E-state index contributed by atoms with van der Waals surface area (Å²) in [5.41, 5.74) is 0. The summed E-state index contributed by atoms with van der Waals surface area (Å²) in [6.45, 7) is -0.225. The Morgan fingerprint density at radius 2 is 2.14 bits per heavy atom. The van der Waals surface area contributed by atoms with Crippen LogP contribution in [0.5, 0.6) is 0 Å². The number of nitrogens with zero attached hydrogens (tertiary/aromatic N) is 2. The number of rotatable bonds is 3. The summed E-state index contributed by atoms with van der Waals surface area (Å²) in [4.78, 5) is 7.26. The first-order valence-electron chi connectivity index (χ1n) is 3.76. The monoisotopic (exact) mass is 225 g/mol. The van der Waals surface area contributed by atoms with Crippen molar-refractivity contribution in [3.8, 4) is 0 Å². The average Bonchev–Trinajstić information content (AvgIpc) is 2.01. The topological polar surface area (TPSA) is 37.8 Å². The van der Waals surface area contributed by atoms with E-state index >= 15 is 0 Å². The number of hydrogen-bond acceptors (Lipinski definition) is 3. The van der Waals surface area contributed by atoms with E-state index in [0.717, 1.165) is 0 Å². The molecule has 0 radical (unpaired) electrons. The summed E-state index contributed by atoms with van der Waals surface area (Å²) >= 11 is 5.43. The Kier molecular flexibility index (Phi) is 3.51. The second kappa shape index (κ2) is 4.45. The molecule has 0 amide bonds. The Bertz CT molecular complexity index is 302. The maximum absolute atomic E-state index is 11.7. The third-order valence-electron chi connectivity index (χ3n) is 1.34. The standard InChI is InChI=1S/C7H7ClF3N3/c8-6-13-3-1-5(14-6)12-4-2-7(9,10)11/h1,3H,2,4H2,(H,12,13,14). The van der Waals surface area contributed by atoms with Gasteiger partial charge in [0.2, 0.25) is 5.28 Å². The Morgan fingerprint density at radius 3 is 2.71 bits per heavy atom. The fraction of sp³-hybridized carbons (Fsp3) is 0.429. The quantitative estimate of drug-likeness (QED) is 0.804. The van der Waals surface area contributed by atoms with Gasteiger partial charge < -0.3 is 5.32 Å². The van der Waals surface area contributed by atoms with Gasteiger partial charge in [-0.05, 0) is 17.7 Å². The van der Waals surface area contributed by atoms with E-state index in [9.17, 15) is 13.2 Å². The Labute approximate surface area is 83.3 Å². The van der Waals surface area contributed by atoms with Crippen LogP contribution in [0.25, 0.3) is 0 Å². The van der Waals surface area contributed by atoms with E-state index < -0.39 is 12.6 Å². The number of nitrogens with one attached hydrogen (secondary N) is 1. The first-order chi connectivity index (χ1) is 6.47. The van der Waals surface area contributed by atoms with Crippen molar-refractivity contribution in [2.24, 2.45) is 0 Å². The van der Waals surface area contributed by atoms with Crippen LogP contribution in [0, 0.1) is 0 Å². The minimum absolute atomic E-state index is 0.00186. The molecule has 1 rings (SSSR count). The molecule has 0 aliphatic heterocycles. The highest BCUT2D eigenvalue weighted by Crippen LogP contribution is 2.19. The van der Waals surface area contributed by atoms with Gasteiger partial charge in [-0.3, -0.25) is 0 Å². The summed E-state index contributed by atoms with van der Waals surface area (Å²) in [5.74, 6) is 0.286. The molecule has 78 valence electrons. The lowest BCUT2D eigenvalue weighted by Gasteiger charge is -2.07.